The van der Waals surface area contributed by atoms with Crippen LogP contribution in [0, 0.1) is 0 Å². The van der Waals surface area contributed by atoms with E-state index in [1.807, 2.05) is 0 Å². The Balaban J connectivity index is 0.00000147. The monoisotopic (exact) mass is 276 g/mol. The molecule has 0 fully saturated rings. The van der Waals surface area contributed by atoms with Crippen molar-refractivity contribution in [3.8, 4) is 0 Å². The summed E-state index contributed by atoms with van der Waals surface area (Å²) < 4.78 is 10.1. The van der Waals surface area contributed by atoms with E-state index in [0.29, 0.717) is 11.1 Å². The molecule has 0 atom stereocenters. The maximum Gasteiger partial charge on any atom is 1.00 e. The van der Waals surface area contributed by atoms with Gasteiger partial charge in [0, 0.05) is 5.57 Å². The molecule has 0 bridgehead atoms. The minimum absolute atomic E-state index is 0. The molecule has 0 aliphatic heterocycles. The first-order chi connectivity index (χ1) is 9.27. The van der Waals surface area contributed by atoms with Crippen LogP contribution in [0.2, 0.25) is 0 Å². The molecule has 20 heavy (non-hydrogen) atoms. The van der Waals surface area contributed by atoms with Gasteiger partial charge in [-0.1, -0.05) is 24.0 Å². The summed E-state index contributed by atoms with van der Waals surface area (Å²) in [4.78, 5) is 12.2. The van der Waals surface area contributed by atoms with Crippen LogP contribution in [0.15, 0.2) is 75.0 Å². The average Bonchev–Trinajstić information content (AvgIpc) is 3.16. The second-order valence-corrected chi connectivity index (χ2v) is 3.97. The van der Waals surface area contributed by atoms with Crippen molar-refractivity contribution in [2.45, 2.75) is 0 Å². The molecule has 0 radical (unpaired) electrons. The number of furan rings is 2. The van der Waals surface area contributed by atoms with Crippen molar-refractivity contribution in [1.29, 1.82) is 0 Å². The Hall–Kier alpha value is -1.75. The molecular formula is C15H9NaO4. The summed E-state index contributed by atoms with van der Waals surface area (Å²) in [5.74, 6) is -0.214. The first kappa shape index (κ1) is 14.7. The van der Waals surface area contributed by atoms with Crippen LogP contribution in [0.5, 0.6) is 0 Å². The number of Topliss-reactive ketones (excluding diaryl/α,β-unsaturated/α-hetero) is 1. The summed E-state index contributed by atoms with van der Waals surface area (Å²) in [7, 11) is 0. The normalized spacial score (nSPS) is 15.7. The van der Waals surface area contributed by atoms with Gasteiger partial charge in [-0.25, -0.2) is 0 Å². The maximum atomic E-state index is 12.2. The molecule has 1 aliphatic carbocycles. The van der Waals surface area contributed by atoms with Gasteiger partial charge in [-0.05, 0) is 29.8 Å². The predicted molar refractivity (Wildman–Crippen MR) is 65.9 cm³/mol. The first-order valence-electron chi connectivity index (χ1n) is 5.69. The minimum atomic E-state index is -0.315. The molecule has 3 rings (SSSR count). The number of rotatable bonds is 3. The van der Waals surface area contributed by atoms with Crippen molar-refractivity contribution < 1.29 is 48.3 Å². The largest absolute Gasteiger partial charge is 1.00 e. The van der Waals surface area contributed by atoms with E-state index in [1.54, 1.807) is 42.5 Å². The van der Waals surface area contributed by atoms with E-state index in [-0.39, 0.29) is 52.6 Å². The zero-order chi connectivity index (χ0) is 13.2. The number of ketones is 1. The predicted octanol–water partition coefficient (Wildman–Crippen LogP) is -0.673. The van der Waals surface area contributed by atoms with Crippen LogP contribution in [-0.2, 0) is 0 Å². The van der Waals surface area contributed by atoms with Crippen LogP contribution in [-0.4, -0.2) is 5.78 Å². The zero-order valence-corrected chi connectivity index (χ0v) is 12.8. The Kier molecular flexibility index (Phi) is 4.49. The molecule has 0 amide bonds. The Labute approximate surface area is 137 Å². The van der Waals surface area contributed by atoms with Gasteiger partial charge in [0.2, 0.25) is 5.78 Å². The van der Waals surface area contributed by atoms with Crippen molar-refractivity contribution >= 4 is 11.5 Å². The summed E-state index contributed by atoms with van der Waals surface area (Å²) in [5, 5.41) is 12.2. The van der Waals surface area contributed by atoms with Gasteiger partial charge in [-0.15, -0.1) is 0 Å². The van der Waals surface area contributed by atoms with Crippen molar-refractivity contribution in [2.24, 2.45) is 0 Å². The van der Waals surface area contributed by atoms with Crippen LogP contribution < -0.4 is 34.7 Å². The number of carbonyl (C=O) groups is 1. The van der Waals surface area contributed by atoms with E-state index < -0.39 is 0 Å². The van der Waals surface area contributed by atoms with E-state index in [0.717, 1.165) is 0 Å². The Morgan fingerprint density at radius 2 is 1.70 bits per heavy atom. The van der Waals surface area contributed by atoms with E-state index in [4.69, 9.17) is 8.83 Å². The van der Waals surface area contributed by atoms with Gasteiger partial charge < -0.3 is 13.9 Å². The topological polar surface area (TPSA) is 66.4 Å². The van der Waals surface area contributed by atoms with Gasteiger partial charge in [0.05, 0.1) is 12.5 Å². The van der Waals surface area contributed by atoms with Crippen LogP contribution in [0.4, 0.5) is 0 Å². The molecule has 0 saturated heterocycles. The molecule has 94 valence electrons. The minimum Gasteiger partial charge on any atom is -0.870 e. The molecule has 2 heterocycles. The van der Waals surface area contributed by atoms with Crippen molar-refractivity contribution in [3.05, 3.63) is 77.7 Å². The van der Waals surface area contributed by atoms with Crippen molar-refractivity contribution in [2.75, 3.05) is 0 Å². The van der Waals surface area contributed by atoms with Crippen LogP contribution in [0.3, 0.4) is 0 Å². The Morgan fingerprint density at radius 1 is 1.05 bits per heavy atom. The fraction of sp³-hybridized carbons (Fsp3) is 0. The third-order valence-corrected chi connectivity index (χ3v) is 2.80. The van der Waals surface area contributed by atoms with Crippen LogP contribution >= 0.6 is 0 Å². The average molecular weight is 276 g/mol. The maximum absolute atomic E-state index is 12.2. The van der Waals surface area contributed by atoms with Gasteiger partial charge in [0.25, 0.3) is 0 Å². The second kappa shape index (κ2) is 6.13. The van der Waals surface area contributed by atoms with Gasteiger partial charge in [0.15, 0.2) is 5.76 Å². The van der Waals surface area contributed by atoms with E-state index in [1.165, 1.54) is 12.5 Å². The van der Waals surface area contributed by atoms with Crippen molar-refractivity contribution in [3.63, 3.8) is 0 Å². The van der Waals surface area contributed by atoms with Crippen molar-refractivity contribution in [1.82, 2.24) is 0 Å². The molecule has 0 saturated carbocycles. The number of hydrogen-bond donors (Lipinski definition) is 0. The number of allylic oxidation sites excluding steroid dienone is 5. The van der Waals surface area contributed by atoms with E-state index in [2.05, 4.69) is 0 Å². The second-order valence-electron chi connectivity index (χ2n) is 3.97. The summed E-state index contributed by atoms with van der Waals surface area (Å²) in [6.07, 6.45) is 7.70. The van der Waals surface area contributed by atoms with Crippen LogP contribution in [0.25, 0.3) is 5.76 Å². The standard InChI is InChI=1S/C15H10O4.Na/c16-14(12-6-2-8-18-12)10-4-1-5-11(10)15(17)13-7-3-9-19-13;/h1-9,16H;/q;+1/p-1/b14-10-;. The van der Waals surface area contributed by atoms with Crippen LogP contribution in [0.1, 0.15) is 16.3 Å². The molecule has 4 nitrogen and oxygen atoms in total. The molecule has 1 aliphatic rings. The SMILES string of the molecule is O=C(C1=CC=C/C1=C(/[O-])c1ccco1)c1ccco1.[Na+]. The molecule has 0 spiro atoms. The summed E-state index contributed by atoms with van der Waals surface area (Å²) in [6.45, 7) is 0. The smallest absolute Gasteiger partial charge is 0.870 e. The summed E-state index contributed by atoms with van der Waals surface area (Å²) in [5.41, 5.74) is 0.632. The molecule has 5 heteroatoms. The third-order valence-electron chi connectivity index (χ3n) is 2.80. The zero-order valence-electron chi connectivity index (χ0n) is 10.8. The molecule has 2 aromatic heterocycles. The Bertz CT molecular complexity index is 688. The fourth-order valence-electron chi connectivity index (χ4n) is 1.90. The number of carbonyl (C=O) groups excluding carboxylic acids is 1. The van der Waals surface area contributed by atoms with Gasteiger partial charge in [0.1, 0.15) is 5.76 Å². The molecular weight excluding hydrogens is 267 g/mol. The first-order valence-corrected chi connectivity index (χ1v) is 5.69. The molecule has 0 unspecified atom stereocenters. The van der Waals surface area contributed by atoms with E-state index >= 15 is 0 Å². The van der Waals surface area contributed by atoms with Gasteiger partial charge in [-0.2, -0.15) is 0 Å². The Morgan fingerprint density at radius 3 is 2.30 bits per heavy atom. The molecule has 0 N–H and O–H groups in total. The van der Waals surface area contributed by atoms with Gasteiger partial charge >= 0.3 is 29.6 Å². The molecule has 0 aromatic carbocycles. The van der Waals surface area contributed by atoms with E-state index in [9.17, 15) is 9.90 Å². The summed E-state index contributed by atoms with van der Waals surface area (Å²) in [6, 6.07) is 6.39. The quantitative estimate of drug-likeness (QED) is 0.423. The third kappa shape index (κ3) is 2.58. The number of hydrogen-bond acceptors (Lipinski definition) is 4. The van der Waals surface area contributed by atoms with Gasteiger partial charge in [-0.3, -0.25) is 4.79 Å². The fourth-order valence-corrected chi connectivity index (χ4v) is 1.90. The molecule has 2 aromatic rings. The summed E-state index contributed by atoms with van der Waals surface area (Å²) >= 11 is 0.